The normalized spacial score (nSPS) is 20.2. The number of hydrogen-bond acceptors (Lipinski definition) is 8. The lowest BCUT2D eigenvalue weighted by Crippen LogP contribution is -2.51. The van der Waals surface area contributed by atoms with Crippen LogP contribution in [0.5, 0.6) is 5.75 Å². The van der Waals surface area contributed by atoms with Crippen molar-refractivity contribution >= 4 is 57.9 Å². The van der Waals surface area contributed by atoms with E-state index < -0.39 is 10.3 Å². The first-order valence-corrected chi connectivity index (χ1v) is 12.9. The number of carbonyl (C=O) groups is 2. The third-order valence-electron chi connectivity index (χ3n) is 5.51. The third kappa shape index (κ3) is 4.36. The molecule has 5 rings (SSSR count). The molecule has 0 unspecified atom stereocenters. The van der Waals surface area contributed by atoms with Crippen molar-refractivity contribution in [1.29, 1.82) is 0 Å². The predicted molar refractivity (Wildman–Crippen MR) is 146 cm³/mol. The van der Waals surface area contributed by atoms with Crippen molar-refractivity contribution in [1.82, 2.24) is 0 Å². The molecule has 0 aliphatic carbocycles. The second-order valence-corrected chi connectivity index (χ2v) is 10.4. The molecule has 9 heteroatoms. The van der Waals surface area contributed by atoms with Gasteiger partial charge in [-0.2, -0.15) is 5.10 Å². The summed E-state index contributed by atoms with van der Waals surface area (Å²) in [5.41, 5.74) is 2.30. The van der Waals surface area contributed by atoms with E-state index in [1.54, 1.807) is 23.9 Å². The van der Waals surface area contributed by atoms with Crippen molar-refractivity contribution < 1.29 is 19.1 Å². The third-order valence-corrected chi connectivity index (χ3v) is 8.20. The van der Waals surface area contributed by atoms with Gasteiger partial charge in [0.25, 0.3) is 5.91 Å². The molecule has 3 aromatic rings. The number of thioether (sulfide) groups is 2. The van der Waals surface area contributed by atoms with Crippen LogP contribution in [0, 0.1) is 0 Å². The highest BCUT2D eigenvalue weighted by atomic mass is 32.2. The van der Waals surface area contributed by atoms with Crippen molar-refractivity contribution in [2.45, 2.75) is 11.3 Å². The van der Waals surface area contributed by atoms with Gasteiger partial charge in [0.05, 0.1) is 24.3 Å². The van der Waals surface area contributed by atoms with Crippen LogP contribution in [0.2, 0.25) is 0 Å². The van der Waals surface area contributed by atoms with Crippen LogP contribution in [0.1, 0.15) is 12.5 Å². The monoisotopic (exact) mass is 517 g/mol. The van der Waals surface area contributed by atoms with E-state index in [0.29, 0.717) is 10.6 Å². The Hall–Kier alpha value is -3.69. The lowest BCUT2D eigenvalue weighted by atomic mass is 10.2. The lowest BCUT2D eigenvalue weighted by molar-refractivity contribution is -0.134. The van der Waals surface area contributed by atoms with Gasteiger partial charge in [0.2, 0.25) is 9.37 Å². The zero-order chi connectivity index (χ0) is 25.1. The Morgan fingerprint density at radius 3 is 2.19 bits per heavy atom. The standard InChI is InChI=1S/C27H23N3O4S2/c1-3-34-26(32)24-28-30(21-12-8-5-9-13-21)27(36-24)29(20-10-6-4-7-11-20)25(31)23(35-27)18-19-14-16-22(33-2)17-15-19/h4-18H,3H2,1-2H3/b23-18+/t27-/m1/s1. The Morgan fingerprint density at radius 2 is 1.58 bits per heavy atom. The Balaban J connectivity index is 1.64. The minimum atomic E-state index is -1.10. The van der Waals surface area contributed by atoms with E-state index in [4.69, 9.17) is 9.47 Å². The van der Waals surface area contributed by atoms with Gasteiger partial charge < -0.3 is 9.47 Å². The minimum absolute atomic E-state index is 0.184. The molecule has 0 aromatic heterocycles. The van der Waals surface area contributed by atoms with Gasteiger partial charge in [-0.25, -0.2) is 9.80 Å². The van der Waals surface area contributed by atoms with Gasteiger partial charge >= 0.3 is 5.97 Å². The number of rotatable bonds is 6. The Morgan fingerprint density at radius 1 is 0.944 bits per heavy atom. The highest BCUT2D eigenvalue weighted by Gasteiger charge is 2.60. The van der Waals surface area contributed by atoms with Gasteiger partial charge in [-0.1, -0.05) is 60.3 Å². The summed E-state index contributed by atoms with van der Waals surface area (Å²) in [5.74, 6) is 0.0312. The van der Waals surface area contributed by atoms with Crippen molar-refractivity contribution in [3.63, 3.8) is 0 Å². The molecule has 0 bridgehead atoms. The van der Waals surface area contributed by atoms with E-state index in [-0.39, 0.29) is 17.6 Å². The molecule has 2 heterocycles. The number of amides is 1. The summed E-state index contributed by atoms with van der Waals surface area (Å²) in [6, 6.07) is 26.4. The summed E-state index contributed by atoms with van der Waals surface area (Å²) in [6.07, 6.45) is 1.85. The fourth-order valence-corrected chi connectivity index (χ4v) is 6.76. The molecule has 1 amide bonds. The topological polar surface area (TPSA) is 71.4 Å². The van der Waals surface area contributed by atoms with E-state index in [1.165, 1.54) is 23.5 Å². The molecule has 0 radical (unpaired) electrons. The Kier molecular flexibility index (Phi) is 6.75. The van der Waals surface area contributed by atoms with Gasteiger partial charge in [-0.3, -0.25) is 9.69 Å². The summed E-state index contributed by atoms with van der Waals surface area (Å²) < 4.78 is 9.43. The lowest BCUT2D eigenvalue weighted by Gasteiger charge is -2.38. The minimum Gasteiger partial charge on any atom is -0.497 e. The molecular weight excluding hydrogens is 494 g/mol. The highest BCUT2D eigenvalue weighted by Crippen LogP contribution is 2.59. The van der Waals surface area contributed by atoms with Crippen LogP contribution in [0.25, 0.3) is 6.08 Å². The maximum absolute atomic E-state index is 14.0. The van der Waals surface area contributed by atoms with Crippen LogP contribution in [0.3, 0.4) is 0 Å². The molecule has 3 aromatic carbocycles. The summed E-state index contributed by atoms with van der Waals surface area (Å²) >= 11 is 2.56. The number of benzene rings is 3. The molecule has 36 heavy (non-hydrogen) atoms. The van der Waals surface area contributed by atoms with E-state index in [2.05, 4.69) is 5.10 Å². The highest BCUT2D eigenvalue weighted by molar-refractivity contribution is 8.29. The second-order valence-electron chi connectivity index (χ2n) is 7.78. The number of ether oxygens (including phenoxy) is 2. The second kappa shape index (κ2) is 10.1. The van der Waals surface area contributed by atoms with Crippen LogP contribution in [-0.2, 0) is 14.3 Å². The Bertz CT molecular complexity index is 1330. The molecule has 2 aliphatic heterocycles. The van der Waals surface area contributed by atoms with E-state index >= 15 is 0 Å². The maximum atomic E-state index is 14.0. The number of nitrogens with zero attached hydrogens (tertiary/aromatic N) is 3. The number of anilines is 2. The zero-order valence-corrected chi connectivity index (χ0v) is 21.3. The number of esters is 1. The Labute approximate surface area is 217 Å². The van der Waals surface area contributed by atoms with Crippen LogP contribution in [-0.4, -0.2) is 35.0 Å². The fourth-order valence-electron chi connectivity index (χ4n) is 3.88. The molecule has 1 saturated heterocycles. The summed E-state index contributed by atoms with van der Waals surface area (Å²) in [7, 11) is 1.61. The number of hydrazone groups is 1. The fraction of sp³-hybridized carbons (Fsp3) is 0.148. The van der Waals surface area contributed by atoms with Crippen LogP contribution >= 0.6 is 23.5 Å². The van der Waals surface area contributed by atoms with Crippen LogP contribution in [0.15, 0.2) is 94.9 Å². The van der Waals surface area contributed by atoms with Crippen molar-refractivity contribution in [2.24, 2.45) is 5.10 Å². The number of carbonyl (C=O) groups excluding carboxylic acids is 2. The first kappa shape index (κ1) is 24.0. The van der Waals surface area contributed by atoms with Crippen LogP contribution < -0.4 is 14.6 Å². The van der Waals surface area contributed by atoms with E-state index in [0.717, 1.165) is 17.0 Å². The smallest absolute Gasteiger partial charge is 0.365 e. The summed E-state index contributed by atoms with van der Waals surface area (Å²) in [6.45, 7) is 1.98. The maximum Gasteiger partial charge on any atom is 0.365 e. The van der Waals surface area contributed by atoms with Gasteiger partial charge in [0, 0.05) is 5.69 Å². The molecule has 2 aliphatic rings. The molecule has 1 fully saturated rings. The van der Waals surface area contributed by atoms with Crippen molar-refractivity contribution in [2.75, 3.05) is 23.6 Å². The molecule has 182 valence electrons. The van der Waals surface area contributed by atoms with E-state index in [9.17, 15) is 9.59 Å². The van der Waals surface area contributed by atoms with Gasteiger partial charge in [-0.05, 0) is 66.7 Å². The number of para-hydroxylation sites is 2. The summed E-state index contributed by atoms with van der Waals surface area (Å²) in [5, 5.41) is 6.58. The van der Waals surface area contributed by atoms with Gasteiger partial charge in [0.1, 0.15) is 5.75 Å². The summed E-state index contributed by atoms with van der Waals surface area (Å²) in [4.78, 5) is 29.0. The molecular formula is C27H23N3O4S2. The first-order chi connectivity index (χ1) is 17.6. The van der Waals surface area contributed by atoms with Gasteiger partial charge in [0.15, 0.2) is 0 Å². The van der Waals surface area contributed by atoms with Crippen molar-refractivity contribution in [3.8, 4) is 5.75 Å². The van der Waals surface area contributed by atoms with Crippen LogP contribution in [0.4, 0.5) is 11.4 Å². The quantitative estimate of drug-likeness (QED) is 0.313. The largest absolute Gasteiger partial charge is 0.497 e. The molecule has 0 saturated carbocycles. The average molecular weight is 518 g/mol. The first-order valence-electron chi connectivity index (χ1n) is 11.3. The van der Waals surface area contributed by atoms with Gasteiger partial charge in [-0.15, -0.1) is 0 Å². The SMILES string of the molecule is CCOC(=O)C1=NN(c2ccccc2)[C@@]2(S1)S/C(=C/c1ccc(OC)cc1)C(=O)N2c1ccccc1. The van der Waals surface area contributed by atoms with Crippen molar-refractivity contribution in [3.05, 3.63) is 95.4 Å². The molecule has 0 N–H and O–H groups in total. The zero-order valence-electron chi connectivity index (χ0n) is 19.7. The molecule has 1 atom stereocenters. The number of methoxy groups -OCH3 is 1. The molecule has 1 spiro atoms. The predicted octanol–water partition coefficient (Wildman–Crippen LogP) is 5.56. The van der Waals surface area contributed by atoms with E-state index in [1.807, 2.05) is 91.0 Å². The molecule has 7 nitrogen and oxygen atoms in total. The number of hydrogen-bond donors (Lipinski definition) is 0. The average Bonchev–Trinajstić information content (AvgIpc) is 3.42.